The van der Waals surface area contributed by atoms with E-state index in [1.807, 2.05) is 38.1 Å². The molecule has 0 fully saturated rings. The molecule has 1 N–H and O–H groups in total. The number of nitrogens with one attached hydrogen (secondary N) is 1. The number of halogens is 1. The van der Waals surface area contributed by atoms with Gasteiger partial charge in [-0.05, 0) is 38.1 Å². The summed E-state index contributed by atoms with van der Waals surface area (Å²) in [7, 11) is 0. The highest BCUT2D eigenvalue weighted by Gasteiger charge is 2.06. The van der Waals surface area contributed by atoms with Crippen LogP contribution in [-0.2, 0) is 0 Å². The molecule has 2 aromatic rings. The van der Waals surface area contributed by atoms with Gasteiger partial charge < -0.3 is 5.32 Å². The summed E-state index contributed by atoms with van der Waals surface area (Å²) >= 11 is 5.83. The van der Waals surface area contributed by atoms with Gasteiger partial charge in [0, 0.05) is 17.1 Å². The fraction of sp³-hybridized carbons (Fsp3) is 0.250. The zero-order valence-electron chi connectivity index (χ0n) is 9.74. The van der Waals surface area contributed by atoms with Gasteiger partial charge in [0.2, 0.25) is 0 Å². The standard InChI is InChI=1S/C12H13ClN4/c1-3-14-11-8(2)15-12(17-16-11)9-4-6-10(13)7-5-9/h4-7H,3H2,1-2H3,(H,14,16). The van der Waals surface area contributed by atoms with E-state index in [0.717, 1.165) is 23.6 Å². The van der Waals surface area contributed by atoms with Crippen molar-refractivity contribution in [1.82, 2.24) is 15.2 Å². The van der Waals surface area contributed by atoms with Crippen LogP contribution in [0, 0.1) is 6.92 Å². The molecule has 1 heterocycles. The van der Waals surface area contributed by atoms with Crippen molar-refractivity contribution in [1.29, 1.82) is 0 Å². The number of hydrogen-bond acceptors (Lipinski definition) is 4. The Morgan fingerprint density at radius 2 is 1.88 bits per heavy atom. The van der Waals surface area contributed by atoms with Crippen LogP contribution in [0.3, 0.4) is 0 Å². The highest BCUT2D eigenvalue weighted by atomic mass is 35.5. The minimum atomic E-state index is 0.612. The van der Waals surface area contributed by atoms with E-state index < -0.39 is 0 Å². The normalized spacial score (nSPS) is 10.3. The molecule has 0 radical (unpaired) electrons. The van der Waals surface area contributed by atoms with Crippen molar-refractivity contribution in [3.8, 4) is 11.4 Å². The maximum absolute atomic E-state index is 5.83. The van der Waals surface area contributed by atoms with Crippen LogP contribution >= 0.6 is 11.6 Å². The third kappa shape index (κ3) is 2.71. The number of aromatic nitrogens is 3. The first kappa shape index (κ1) is 11.8. The second-order valence-corrected chi connectivity index (χ2v) is 4.04. The second-order valence-electron chi connectivity index (χ2n) is 3.61. The predicted molar refractivity (Wildman–Crippen MR) is 69.2 cm³/mol. The highest BCUT2D eigenvalue weighted by molar-refractivity contribution is 6.30. The smallest absolute Gasteiger partial charge is 0.182 e. The van der Waals surface area contributed by atoms with Crippen molar-refractivity contribution >= 4 is 17.4 Å². The lowest BCUT2D eigenvalue weighted by molar-refractivity contribution is 0.941. The van der Waals surface area contributed by atoms with Gasteiger partial charge in [0.1, 0.15) is 0 Å². The average Bonchev–Trinajstić information content (AvgIpc) is 2.33. The number of rotatable bonds is 3. The Morgan fingerprint density at radius 1 is 1.18 bits per heavy atom. The topological polar surface area (TPSA) is 50.7 Å². The molecule has 4 nitrogen and oxygen atoms in total. The van der Waals surface area contributed by atoms with Crippen LogP contribution in [0.25, 0.3) is 11.4 Å². The number of aryl methyl sites for hydroxylation is 1. The molecule has 88 valence electrons. The molecule has 0 amide bonds. The summed E-state index contributed by atoms with van der Waals surface area (Å²) in [5, 5.41) is 12.0. The highest BCUT2D eigenvalue weighted by Crippen LogP contribution is 2.19. The summed E-state index contributed by atoms with van der Waals surface area (Å²) in [5.74, 6) is 1.34. The molecule has 17 heavy (non-hydrogen) atoms. The van der Waals surface area contributed by atoms with Crippen molar-refractivity contribution < 1.29 is 0 Å². The number of benzene rings is 1. The molecule has 1 aromatic heterocycles. The van der Waals surface area contributed by atoms with Crippen LogP contribution in [0.4, 0.5) is 5.82 Å². The molecule has 0 unspecified atom stereocenters. The summed E-state index contributed by atoms with van der Waals surface area (Å²) in [6.45, 7) is 4.72. The second kappa shape index (κ2) is 5.10. The van der Waals surface area contributed by atoms with Gasteiger partial charge >= 0.3 is 0 Å². The van der Waals surface area contributed by atoms with Gasteiger partial charge in [-0.2, -0.15) is 0 Å². The van der Waals surface area contributed by atoms with Gasteiger partial charge in [0.25, 0.3) is 0 Å². The fourth-order valence-corrected chi connectivity index (χ4v) is 1.58. The zero-order valence-corrected chi connectivity index (χ0v) is 10.5. The first-order valence-electron chi connectivity index (χ1n) is 5.42. The largest absolute Gasteiger partial charge is 0.367 e. The molecule has 0 aliphatic heterocycles. The molecular formula is C12H13ClN4. The Kier molecular flexibility index (Phi) is 3.54. The summed E-state index contributed by atoms with van der Waals surface area (Å²) in [6.07, 6.45) is 0. The molecule has 0 spiro atoms. The lowest BCUT2D eigenvalue weighted by Gasteiger charge is -2.06. The zero-order chi connectivity index (χ0) is 12.3. The number of hydrogen-bond donors (Lipinski definition) is 1. The molecule has 1 aromatic carbocycles. The van der Waals surface area contributed by atoms with E-state index in [2.05, 4.69) is 20.5 Å². The molecule has 5 heteroatoms. The van der Waals surface area contributed by atoms with Gasteiger partial charge in [-0.1, -0.05) is 11.6 Å². The van der Waals surface area contributed by atoms with Crippen LogP contribution < -0.4 is 5.32 Å². The number of nitrogens with zero attached hydrogens (tertiary/aromatic N) is 3. The van der Waals surface area contributed by atoms with E-state index in [4.69, 9.17) is 11.6 Å². The lowest BCUT2D eigenvalue weighted by Crippen LogP contribution is -2.06. The van der Waals surface area contributed by atoms with E-state index in [1.165, 1.54) is 0 Å². The van der Waals surface area contributed by atoms with Gasteiger partial charge in [-0.25, -0.2) is 4.98 Å². The van der Waals surface area contributed by atoms with Crippen LogP contribution in [0.1, 0.15) is 12.6 Å². The SMILES string of the molecule is CCNc1nnc(-c2ccc(Cl)cc2)nc1C. The first-order valence-corrected chi connectivity index (χ1v) is 5.79. The first-order chi connectivity index (χ1) is 8.20. The van der Waals surface area contributed by atoms with Crippen LogP contribution in [0.2, 0.25) is 5.02 Å². The molecule has 0 bridgehead atoms. The van der Waals surface area contributed by atoms with Crippen molar-refractivity contribution in [2.45, 2.75) is 13.8 Å². The molecule has 0 saturated heterocycles. The van der Waals surface area contributed by atoms with Crippen LogP contribution in [-0.4, -0.2) is 21.7 Å². The molecule has 2 rings (SSSR count). The Hall–Kier alpha value is -1.68. The third-order valence-corrected chi connectivity index (χ3v) is 2.56. The third-order valence-electron chi connectivity index (χ3n) is 2.31. The quantitative estimate of drug-likeness (QED) is 0.907. The minimum Gasteiger partial charge on any atom is -0.367 e. The summed E-state index contributed by atoms with van der Waals surface area (Å²) < 4.78 is 0. The molecule has 0 atom stereocenters. The van der Waals surface area contributed by atoms with Crippen LogP contribution in [0.15, 0.2) is 24.3 Å². The lowest BCUT2D eigenvalue weighted by atomic mass is 10.2. The van der Waals surface area contributed by atoms with E-state index in [0.29, 0.717) is 10.8 Å². The minimum absolute atomic E-state index is 0.612. The summed E-state index contributed by atoms with van der Waals surface area (Å²) in [4.78, 5) is 4.41. The van der Waals surface area contributed by atoms with Crippen molar-refractivity contribution in [2.24, 2.45) is 0 Å². The van der Waals surface area contributed by atoms with Crippen molar-refractivity contribution in [3.05, 3.63) is 35.0 Å². The van der Waals surface area contributed by atoms with Gasteiger partial charge in [-0.15, -0.1) is 10.2 Å². The fourth-order valence-electron chi connectivity index (χ4n) is 1.46. The van der Waals surface area contributed by atoms with Crippen molar-refractivity contribution in [2.75, 3.05) is 11.9 Å². The Morgan fingerprint density at radius 3 is 2.47 bits per heavy atom. The Balaban J connectivity index is 2.34. The van der Waals surface area contributed by atoms with E-state index >= 15 is 0 Å². The predicted octanol–water partition coefficient (Wildman–Crippen LogP) is 2.93. The van der Waals surface area contributed by atoms with Crippen LogP contribution in [0.5, 0.6) is 0 Å². The summed E-state index contributed by atoms with van der Waals surface area (Å²) in [6, 6.07) is 7.39. The van der Waals surface area contributed by atoms with Crippen molar-refractivity contribution in [3.63, 3.8) is 0 Å². The van der Waals surface area contributed by atoms with E-state index in [1.54, 1.807) is 0 Å². The monoisotopic (exact) mass is 248 g/mol. The van der Waals surface area contributed by atoms with Gasteiger partial charge in [-0.3, -0.25) is 0 Å². The van der Waals surface area contributed by atoms with Gasteiger partial charge in [0.05, 0.1) is 5.69 Å². The Bertz CT molecular complexity index is 510. The summed E-state index contributed by atoms with van der Waals surface area (Å²) in [5.41, 5.74) is 1.75. The van der Waals surface area contributed by atoms with Gasteiger partial charge in [0.15, 0.2) is 11.6 Å². The Labute approximate surface area is 105 Å². The molecular weight excluding hydrogens is 236 g/mol. The molecule has 0 aliphatic carbocycles. The maximum atomic E-state index is 5.83. The molecule has 0 aliphatic rings. The van der Waals surface area contributed by atoms with E-state index in [9.17, 15) is 0 Å². The molecule has 0 saturated carbocycles. The van der Waals surface area contributed by atoms with E-state index in [-0.39, 0.29) is 0 Å². The number of anilines is 1. The average molecular weight is 249 g/mol. The maximum Gasteiger partial charge on any atom is 0.182 e.